The van der Waals surface area contributed by atoms with Gasteiger partial charge in [0.15, 0.2) is 5.65 Å². The lowest BCUT2D eigenvalue weighted by atomic mass is 10.1. The lowest BCUT2D eigenvalue weighted by Gasteiger charge is -2.22. The number of nitrogens with zero attached hydrogens (tertiary/aromatic N) is 2. The van der Waals surface area contributed by atoms with Crippen LogP contribution in [0, 0.1) is 0 Å². The van der Waals surface area contributed by atoms with Crippen molar-refractivity contribution >= 4 is 23.6 Å². The molecule has 1 atom stereocenters. The van der Waals surface area contributed by atoms with E-state index in [2.05, 4.69) is 20.3 Å². The summed E-state index contributed by atoms with van der Waals surface area (Å²) in [4.78, 5) is 11.6. The number of pyridine rings is 1. The van der Waals surface area contributed by atoms with Crippen LogP contribution in [0.1, 0.15) is 12.8 Å². The van der Waals surface area contributed by atoms with Crippen LogP contribution >= 0.6 is 12.4 Å². The molecule has 0 saturated carbocycles. The number of imidazole rings is 1. The van der Waals surface area contributed by atoms with Gasteiger partial charge in [-0.3, -0.25) is 0 Å². The van der Waals surface area contributed by atoms with Crippen molar-refractivity contribution in [3.8, 4) is 6.01 Å². The Morgan fingerprint density at radius 1 is 1.41 bits per heavy atom. The van der Waals surface area contributed by atoms with Crippen molar-refractivity contribution in [3.63, 3.8) is 0 Å². The molecule has 1 aliphatic rings. The summed E-state index contributed by atoms with van der Waals surface area (Å²) in [5.41, 5.74) is 1.63. The molecule has 0 amide bonds. The first kappa shape index (κ1) is 12.1. The van der Waals surface area contributed by atoms with Crippen LogP contribution in [0.2, 0.25) is 0 Å². The van der Waals surface area contributed by atoms with E-state index in [9.17, 15) is 0 Å². The molecule has 2 aromatic rings. The molecule has 92 valence electrons. The Hall–Kier alpha value is -1.33. The van der Waals surface area contributed by atoms with Crippen LogP contribution in [0.3, 0.4) is 0 Å². The molecular weight excluding hydrogens is 240 g/mol. The van der Waals surface area contributed by atoms with Crippen molar-refractivity contribution in [2.45, 2.75) is 18.9 Å². The smallest absolute Gasteiger partial charge is 0.296 e. The molecule has 0 aromatic carbocycles. The summed E-state index contributed by atoms with van der Waals surface area (Å²) < 4.78 is 5.77. The minimum atomic E-state index is 0. The van der Waals surface area contributed by atoms with Gasteiger partial charge in [-0.15, -0.1) is 12.4 Å². The minimum absolute atomic E-state index is 0. The maximum atomic E-state index is 5.77. The quantitative estimate of drug-likeness (QED) is 0.853. The molecule has 0 aliphatic carbocycles. The number of aromatic amines is 1. The zero-order valence-electron chi connectivity index (χ0n) is 9.35. The van der Waals surface area contributed by atoms with Gasteiger partial charge in [0.25, 0.3) is 6.01 Å². The highest BCUT2D eigenvalue weighted by molar-refractivity contribution is 5.85. The number of aromatic nitrogens is 3. The zero-order valence-corrected chi connectivity index (χ0v) is 10.2. The number of halogens is 1. The first-order chi connectivity index (χ1) is 7.92. The number of H-pyrrole nitrogens is 1. The fourth-order valence-electron chi connectivity index (χ4n) is 1.96. The van der Waals surface area contributed by atoms with Crippen LogP contribution in [0.15, 0.2) is 18.3 Å². The first-order valence-electron chi connectivity index (χ1n) is 5.60. The lowest BCUT2D eigenvalue weighted by molar-refractivity contribution is 0.155. The summed E-state index contributed by atoms with van der Waals surface area (Å²) in [6.45, 7) is 1.98. The van der Waals surface area contributed by atoms with Crippen molar-refractivity contribution in [1.29, 1.82) is 0 Å². The molecule has 2 aromatic heterocycles. The fraction of sp³-hybridized carbons (Fsp3) is 0.455. The van der Waals surface area contributed by atoms with Crippen LogP contribution in [0.4, 0.5) is 0 Å². The van der Waals surface area contributed by atoms with E-state index >= 15 is 0 Å². The van der Waals surface area contributed by atoms with E-state index < -0.39 is 0 Å². The van der Waals surface area contributed by atoms with E-state index in [4.69, 9.17) is 4.74 Å². The standard InChI is InChI=1S/C11H14N4O.ClH/c1-3-8(7-12-5-1)16-11-14-9-4-2-6-13-10(9)15-11;/h2,4,6,8,12H,1,3,5,7H2,(H,13,14,15);1H/t8-;/m0./s1. The van der Waals surface area contributed by atoms with E-state index in [1.165, 1.54) is 0 Å². The monoisotopic (exact) mass is 254 g/mol. The zero-order chi connectivity index (χ0) is 10.8. The molecule has 1 saturated heterocycles. The minimum Gasteiger partial charge on any atom is -0.460 e. The highest BCUT2D eigenvalue weighted by Gasteiger charge is 2.16. The van der Waals surface area contributed by atoms with Gasteiger partial charge in [0, 0.05) is 12.7 Å². The van der Waals surface area contributed by atoms with Crippen molar-refractivity contribution in [3.05, 3.63) is 18.3 Å². The van der Waals surface area contributed by atoms with Gasteiger partial charge >= 0.3 is 0 Å². The molecule has 3 rings (SSSR count). The molecule has 0 spiro atoms. The molecule has 1 fully saturated rings. The van der Waals surface area contributed by atoms with Crippen LogP contribution < -0.4 is 10.1 Å². The van der Waals surface area contributed by atoms with Gasteiger partial charge in [0.05, 0.1) is 5.52 Å². The van der Waals surface area contributed by atoms with Gasteiger partial charge in [0.2, 0.25) is 0 Å². The number of rotatable bonds is 2. The third-order valence-electron chi connectivity index (χ3n) is 2.77. The molecule has 0 unspecified atom stereocenters. The highest BCUT2D eigenvalue weighted by Crippen LogP contribution is 2.16. The van der Waals surface area contributed by atoms with Gasteiger partial charge in [-0.2, -0.15) is 4.98 Å². The third kappa shape index (κ3) is 2.68. The van der Waals surface area contributed by atoms with Gasteiger partial charge in [-0.1, -0.05) is 0 Å². The Kier molecular flexibility index (Phi) is 3.81. The second-order valence-corrected chi connectivity index (χ2v) is 4.00. The second-order valence-electron chi connectivity index (χ2n) is 4.00. The summed E-state index contributed by atoms with van der Waals surface area (Å²) in [5.74, 6) is 0. The average Bonchev–Trinajstić information content (AvgIpc) is 2.72. The van der Waals surface area contributed by atoms with Crippen molar-refractivity contribution in [2.24, 2.45) is 0 Å². The maximum absolute atomic E-state index is 5.77. The van der Waals surface area contributed by atoms with Crippen molar-refractivity contribution < 1.29 is 4.74 Å². The SMILES string of the molecule is Cl.c1cnc2nc(O[C@H]3CCCNC3)[nH]c2c1. The predicted octanol–water partition coefficient (Wildman–Crippen LogP) is 1.51. The summed E-state index contributed by atoms with van der Waals surface area (Å²) >= 11 is 0. The molecule has 6 heteroatoms. The van der Waals surface area contributed by atoms with E-state index in [1.54, 1.807) is 6.20 Å². The van der Waals surface area contributed by atoms with Gasteiger partial charge in [0.1, 0.15) is 6.10 Å². The van der Waals surface area contributed by atoms with Gasteiger partial charge in [-0.05, 0) is 31.5 Å². The molecule has 1 aliphatic heterocycles. The highest BCUT2D eigenvalue weighted by atomic mass is 35.5. The van der Waals surface area contributed by atoms with Crippen molar-refractivity contribution in [2.75, 3.05) is 13.1 Å². The predicted molar refractivity (Wildman–Crippen MR) is 67.7 cm³/mol. The van der Waals surface area contributed by atoms with E-state index in [1.807, 2.05) is 12.1 Å². The Bertz CT molecular complexity index is 448. The molecule has 5 nitrogen and oxygen atoms in total. The molecule has 17 heavy (non-hydrogen) atoms. The maximum Gasteiger partial charge on any atom is 0.296 e. The normalized spacial score (nSPS) is 19.9. The van der Waals surface area contributed by atoms with Gasteiger partial charge in [-0.25, -0.2) is 4.98 Å². The summed E-state index contributed by atoms with van der Waals surface area (Å²) in [7, 11) is 0. The molecule has 0 radical (unpaired) electrons. The third-order valence-corrected chi connectivity index (χ3v) is 2.77. The van der Waals surface area contributed by atoms with Crippen molar-refractivity contribution in [1.82, 2.24) is 20.3 Å². The van der Waals surface area contributed by atoms with E-state index in [-0.39, 0.29) is 18.5 Å². The lowest BCUT2D eigenvalue weighted by Crippen LogP contribution is -2.37. The second kappa shape index (κ2) is 5.33. The largest absolute Gasteiger partial charge is 0.460 e. The summed E-state index contributed by atoms with van der Waals surface area (Å²) in [6, 6.07) is 4.40. The Labute approximate surface area is 105 Å². The summed E-state index contributed by atoms with van der Waals surface area (Å²) in [5, 5.41) is 3.31. The number of piperidine rings is 1. The van der Waals surface area contributed by atoms with Crippen LogP contribution in [-0.2, 0) is 0 Å². The number of fused-ring (bicyclic) bond motifs is 1. The van der Waals surface area contributed by atoms with E-state index in [0.717, 1.165) is 31.4 Å². The number of nitrogens with one attached hydrogen (secondary N) is 2. The average molecular weight is 255 g/mol. The van der Waals surface area contributed by atoms with Crippen LogP contribution in [-0.4, -0.2) is 34.1 Å². The number of ether oxygens (including phenoxy) is 1. The fourth-order valence-corrected chi connectivity index (χ4v) is 1.96. The topological polar surface area (TPSA) is 62.8 Å². The Balaban J connectivity index is 0.00000108. The van der Waals surface area contributed by atoms with Crippen LogP contribution in [0.5, 0.6) is 6.01 Å². The van der Waals surface area contributed by atoms with E-state index in [0.29, 0.717) is 11.7 Å². The molecule has 3 heterocycles. The Morgan fingerprint density at radius 2 is 2.35 bits per heavy atom. The summed E-state index contributed by atoms with van der Waals surface area (Å²) in [6.07, 6.45) is 4.18. The Morgan fingerprint density at radius 3 is 3.12 bits per heavy atom. The number of hydrogen-bond acceptors (Lipinski definition) is 4. The first-order valence-corrected chi connectivity index (χ1v) is 5.60. The number of hydrogen-bond donors (Lipinski definition) is 2. The van der Waals surface area contributed by atoms with Gasteiger partial charge < -0.3 is 15.0 Å². The molecular formula is C11H15ClN4O. The molecule has 2 N–H and O–H groups in total. The molecule has 0 bridgehead atoms. The van der Waals surface area contributed by atoms with Crippen LogP contribution in [0.25, 0.3) is 11.2 Å².